The predicted molar refractivity (Wildman–Crippen MR) is 45.7 cm³/mol. The summed E-state index contributed by atoms with van der Waals surface area (Å²) >= 11 is 0. The molecule has 0 saturated heterocycles. The summed E-state index contributed by atoms with van der Waals surface area (Å²) in [5.41, 5.74) is 6.28. The monoisotopic (exact) mass is 165 g/mol. The molecule has 0 fully saturated rings. The maximum atomic E-state index is 10.8. The summed E-state index contributed by atoms with van der Waals surface area (Å²) in [6, 6.07) is 5.73. The lowest BCUT2D eigenvalue weighted by molar-refractivity contribution is -0.118. The number of nitrogens with two attached hydrogens (primary N) is 1. The van der Waals surface area contributed by atoms with E-state index >= 15 is 0 Å². The summed E-state index contributed by atoms with van der Waals surface area (Å²) < 4.78 is 0. The van der Waals surface area contributed by atoms with Gasteiger partial charge in [0.25, 0.3) is 0 Å². The van der Waals surface area contributed by atoms with Crippen molar-refractivity contribution in [3.05, 3.63) is 29.8 Å². The molecule has 1 aromatic rings. The molecule has 0 bridgehead atoms. The van der Waals surface area contributed by atoms with Gasteiger partial charge < -0.3 is 10.8 Å². The van der Waals surface area contributed by atoms with Crippen LogP contribution in [0, 0.1) is 0 Å². The molecule has 3 N–H and O–H groups in total. The van der Waals surface area contributed by atoms with Crippen molar-refractivity contribution in [3.63, 3.8) is 0 Å². The highest BCUT2D eigenvalue weighted by Crippen LogP contribution is 2.15. The number of carbonyl (C=O) groups is 1. The van der Waals surface area contributed by atoms with E-state index in [1.165, 1.54) is 19.1 Å². The average molecular weight is 165 g/mol. The Bertz CT molecular complexity index is 279. The quantitative estimate of drug-likeness (QED) is 0.686. The van der Waals surface area contributed by atoms with E-state index in [1.54, 1.807) is 12.1 Å². The molecule has 0 unspecified atom stereocenters. The van der Waals surface area contributed by atoms with Crippen LogP contribution in [0.25, 0.3) is 0 Å². The fourth-order valence-corrected chi connectivity index (χ4v) is 0.916. The van der Waals surface area contributed by atoms with Gasteiger partial charge in [-0.15, -0.1) is 0 Å². The van der Waals surface area contributed by atoms with Gasteiger partial charge >= 0.3 is 0 Å². The molecule has 12 heavy (non-hydrogen) atoms. The molecule has 1 rings (SSSR count). The van der Waals surface area contributed by atoms with Crippen LogP contribution in [-0.2, 0) is 4.79 Å². The number of aromatic hydroxyl groups is 1. The number of hydrogen-bond donors (Lipinski definition) is 2. The molecule has 0 aliphatic rings. The van der Waals surface area contributed by atoms with Crippen LogP contribution in [0.5, 0.6) is 5.75 Å². The minimum atomic E-state index is -0.578. The number of carbonyl (C=O) groups excluding carboxylic acids is 1. The van der Waals surface area contributed by atoms with Crippen molar-refractivity contribution in [1.82, 2.24) is 0 Å². The van der Waals surface area contributed by atoms with Gasteiger partial charge in [0.05, 0.1) is 6.04 Å². The van der Waals surface area contributed by atoms with Gasteiger partial charge in [-0.2, -0.15) is 0 Å². The van der Waals surface area contributed by atoms with Crippen LogP contribution in [0.4, 0.5) is 0 Å². The molecular formula is C9H11NO2. The summed E-state index contributed by atoms with van der Waals surface area (Å²) in [6.45, 7) is 1.44. The fraction of sp³-hybridized carbons (Fsp3) is 0.222. The van der Waals surface area contributed by atoms with Crippen LogP contribution in [0.1, 0.15) is 18.5 Å². The zero-order valence-electron chi connectivity index (χ0n) is 6.82. The second-order valence-corrected chi connectivity index (χ2v) is 2.68. The van der Waals surface area contributed by atoms with Crippen molar-refractivity contribution in [2.45, 2.75) is 13.0 Å². The number of benzene rings is 1. The van der Waals surface area contributed by atoms with E-state index in [2.05, 4.69) is 0 Å². The topological polar surface area (TPSA) is 63.3 Å². The lowest BCUT2D eigenvalue weighted by Gasteiger charge is -2.06. The van der Waals surface area contributed by atoms with Crippen molar-refractivity contribution in [1.29, 1.82) is 0 Å². The third-order valence-corrected chi connectivity index (χ3v) is 1.69. The highest BCUT2D eigenvalue weighted by Gasteiger charge is 2.09. The third kappa shape index (κ3) is 1.83. The largest absolute Gasteiger partial charge is 0.508 e. The van der Waals surface area contributed by atoms with Crippen LogP contribution in [-0.4, -0.2) is 10.9 Å². The summed E-state index contributed by atoms with van der Waals surface area (Å²) in [5.74, 6) is 0.0928. The molecule has 0 heterocycles. The van der Waals surface area contributed by atoms with Gasteiger partial charge in [0.1, 0.15) is 5.75 Å². The Labute approximate surface area is 70.8 Å². The molecule has 3 heteroatoms. The normalized spacial score (nSPS) is 12.5. The number of hydrogen-bond acceptors (Lipinski definition) is 3. The molecule has 0 spiro atoms. The van der Waals surface area contributed by atoms with Crippen LogP contribution in [0.2, 0.25) is 0 Å². The Balaban J connectivity index is 2.89. The number of ketones is 1. The smallest absolute Gasteiger partial charge is 0.150 e. The van der Waals surface area contributed by atoms with Crippen molar-refractivity contribution in [2.75, 3.05) is 0 Å². The molecule has 0 saturated carbocycles. The number of rotatable bonds is 2. The fourth-order valence-electron chi connectivity index (χ4n) is 0.916. The van der Waals surface area contributed by atoms with Gasteiger partial charge in [-0.05, 0) is 24.6 Å². The summed E-state index contributed by atoms with van der Waals surface area (Å²) in [7, 11) is 0. The van der Waals surface area contributed by atoms with E-state index in [-0.39, 0.29) is 11.5 Å². The van der Waals surface area contributed by atoms with E-state index in [4.69, 9.17) is 10.8 Å². The van der Waals surface area contributed by atoms with Crippen molar-refractivity contribution < 1.29 is 9.90 Å². The van der Waals surface area contributed by atoms with Gasteiger partial charge in [0, 0.05) is 0 Å². The summed E-state index contributed by atoms with van der Waals surface area (Å²) in [5, 5.41) is 8.95. The molecular weight excluding hydrogens is 154 g/mol. The third-order valence-electron chi connectivity index (χ3n) is 1.69. The van der Waals surface area contributed by atoms with Crippen LogP contribution < -0.4 is 5.73 Å². The summed E-state index contributed by atoms with van der Waals surface area (Å²) in [6.07, 6.45) is 0. The zero-order valence-corrected chi connectivity index (χ0v) is 6.82. The van der Waals surface area contributed by atoms with Crippen molar-refractivity contribution >= 4 is 5.78 Å². The van der Waals surface area contributed by atoms with Gasteiger partial charge in [-0.25, -0.2) is 0 Å². The average Bonchev–Trinajstić information content (AvgIpc) is 2.04. The minimum Gasteiger partial charge on any atom is -0.508 e. The maximum Gasteiger partial charge on any atom is 0.150 e. The Kier molecular flexibility index (Phi) is 2.45. The van der Waals surface area contributed by atoms with Crippen LogP contribution >= 0.6 is 0 Å². The molecule has 0 aromatic heterocycles. The lowest BCUT2D eigenvalue weighted by Crippen LogP contribution is -2.18. The first kappa shape index (κ1) is 8.74. The second-order valence-electron chi connectivity index (χ2n) is 2.68. The Morgan fingerprint density at radius 2 is 1.92 bits per heavy atom. The van der Waals surface area contributed by atoms with Crippen LogP contribution in [0.3, 0.4) is 0 Å². The highest BCUT2D eigenvalue weighted by molar-refractivity contribution is 5.82. The van der Waals surface area contributed by atoms with E-state index in [9.17, 15) is 4.79 Å². The van der Waals surface area contributed by atoms with Crippen molar-refractivity contribution in [2.24, 2.45) is 5.73 Å². The Morgan fingerprint density at radius 1 is 1.42 bits per heavy atom. The van der Waals surface area contributed by atoms with E-state index in [0.29, 0.717) is 0 Å². The molecule has 1 atom stereocenters. The molecule has 1 aromatic carbocycles. The Morgan fingerprint density at radius 3 is 2.33 bits per heavy atom. The van der Waals surface area contributed by atoms with Crippen LogP contribution in [0.15, 0.2) is 24.3 Å². The van der Waals surface area contributed by atoms with E-state index in [1.807, 2.05) is 0 Å². The molecule has 3 nitrogen and oxygen atoms in total. The second kappa shape index (κ2) is 3.36. The lowest BCUT2D eigenvalue weighted by atomic mass is 10.0. The highest BCUT2D eigenvalue weighted by atomic mass is 16.3. The van der Waals surface area contributed by atoms with Gasteiger partial charge in [-0.3, -0.25) is 4.79 Å². The first-order valence-electron chi connectivity index (χ1n) is 3.66. The number of phenols is 1. The molecule has 0 radical (unpaired) electrons. The van der Waals surface area contributed by atoms with E-state index in [0.717, 1.165) is 5.56 Å². The Hall–Kier alpha value is -1.35. The van der Waals surface area contributed by atoms with Gasteiger partial charge in [0.2, 0.25) is 0 Å². The predicted octanol–water partition coefficient (Wildman–Crippen LogP) is 0.981. The zero-order chi connectivity index (χ0) is 9.14. The molecule has 0 amide bonds. The first-order chi connectivity index (χ1) is 5.61. The SMILES string of the molecule is CC(=O)[C@@H](N)c1ccc(O)cc1. The molecule has 0 aliphatic heterocycles. The minimum absolute atomic E-state index is 0.0827. The molecule has 64 valence electrons. The molecule has 0 aliphatic carbocycles. The van der Waals surface area contributed by atoms with Gasteiger partial charge in [0.15, 0.2) is 5.78 Å². The summed E-state index contributed by atoms with van der Waals surface area (Å²) in [4.78, 5) is 10.8. The number of phenolic OH excluding ortho intramolecular Hbond substituents is 1. The first-order valence-corrected chi connectivity index (χ1v) is 3.66. The number of Topliss-reactive ketones (excluding diaryl/α,β-unsaturated/α-hetero) is 1. The van der Waals surface area contributed by atoms with Crippen molar-refractivity contribution in [3.8, 4) is 5.75 Å². The standard InChI is InChI=1S/C9H11NO2/c1-6(11)9(10)7-2-4-8(12)5-3-7/h2-5,9,12H,10H2,1H3/t9-/m1/s1. The maximum absolute atomic E-state index is 10.8. The van der Waals surface area contributed by atoms with Gasteiger partial charge in [-0.1, -0.05) is 12.1 Å². The van der Waals surface area contributed by atoms with E-state index < -0.39 is 6.04 Å².